The Morgan fingerprint density at radius 2 is 1.89 bits per heavy atom. The molecule has 9 heavy (non-hydrogen) atoms. The Morgan fingerprint density at radius 1 is 1.33 bits per heavy atom. The SMILES string of the molecule is CN1CC(C2(C)CC2)C1. The molecule has 2 fully saturated rings. The lowest BCUT2D eigenvalue weighted by molar-refractivity contribution is 0.0787. The summed E-state index contributed by atoms with van der Waals surface area (Å²) in [7, 11) is 2.21. The number of nitrogens with zero attached hydrogens (tertiary/aromatic N) is 1. The molecule has 1 aliphatic heterocycles. The normalized spacial score (nSPS) is 34.0. The second kappa shape index (κ2) is 1.51. The van der Waals surface area contributed by atoms with Crippen LogP contribution in [0.2, 0.25) is 0 Å². The van der Waals surface area contributed by atoms with Crippen molar-refractivity contribution in [3.63, 3.8) is 0 Å². The largest absolute Gasteiger partial charge is 0.306 e. The van der Waals surface area contributed by atoms with Crippen LogP contribution in [0.4, 0.5) is 0 Å². The third-order valence-electron chi connectivity index (χ3n) is 3.09. The first-order chi connectivity index (χ1) is 4.21. The molecule has 52 valence electrons. The van der Waals surface area contributed by atoms with Crippen LogP contribution in [0, 0.1) is 11.3 Å². The summed E-state index contributed by atoms with van der Waals surface area (Å²) in [6.45, 7) is 5.15. The van der Waals surface area contributed by atoms with Gasteiger partial charge in [-0.2, -0.15) is 0 Å². The van der Waals surface area contributed by atoms with Crippen molar-refractivity contribution in [2.45, 2.75) is 19.8 Å². The number of hydrogen-bond acceptors (Lipinski definition) is 1. The van der Waals surface area contributed by atoms with Gasteiger partial charge in [-0.1, -0.05) is 6.92 Å². The molecular formula is C8H15N. The van der Waals surface area contributed by atoms with Crippen molar-refractivity contribution in [2.24, 2.45) is 11.3 Å². The van der Waals surface area contributed by atoms with Gasteiger partial charge in [0.1, 0.15) is 0 Å². The highest BCUT2D eigenvalue weighted by Gasteiger charge is 2.48. The highest BCUT2D eigenvalue weighted by molar-refractivity contribution is 5.00. The van der Waals surface area contributed by atoms with Crippen LogP contribution >= 0.6 is 0 Å². The maximum atomic E-state index is 2.44. The minimum absolute atomic E-state index is 0.784. The van der Waals surface area contributed by atoms with Gasteiger partial charge in [0.05, 0.1) is 0 Å². The molecule has 0 bridgehead atoms. The fourth-order valence-electron chi connectivity index (χ4n) is 1.75. The quantitative estimate of drug-likeness (QED) is 0.511. The van der Waals surface area contributed by atoms with E-state index in [2.05, 4.69) is 18.9 Å². The van der Waals surface area contributed by atoms with E-state index in [9.17, 15) is 0 Å². The summed E-state index contributed by atoms with van der Waals surface area (Å²) < 4.78 is 0. The molecule has 0 spiro atoms. The minimum Gasteiger partial charge on any atom is -0.306 e. The van der Waals surface area contributed by atoms with Crippen LogP contribution in [-0.4, -0.2) is 25.0 Å². The lowest BCUT2D eigenvalue weighted by atomic mass is 9.85. The van der Waals surface area contributed by atoms with Gasteiger partial charge in [0.15, 0.2) is 0 Å². The fraction of sp³-hybridized carbons (Fsp3) is 1.00. The molecule has 2 rings (SSSR count). The van der Waals surface area contributed by atoms with E-state index in [-0.39, 0.29) is 0 Å². The van der Waals surface area contributed by atoms with Gasteiger partial charge in [0.2, 0.25) is 0 Å². The van der Waals surface area contributed by atoms with Gasteiger partial charge in [0, 0.05) is 13.1 Å². The first-order valence-electron chi connectivity index (χ1n) is 3.89. The number of rotatable bonds is 1. The van der Waals surface area contributed by atoms with Crippen molar-refractivity contribution in [1.29, 1.82) is 0 Å². The molecule has 0 radical (unpaired) electrons. The zero-order chi connectivity index (χ0) is 6.48. The van der Waals surface area contributed by atoms with E-state index >= 15 is 0 Å². The van der Waals surface area contributed by atoms with E-state index in [1.54, 1.807) is 0 Å². The number of likely N-dealkylation sites (tertiary alicyclic amines) is 1. The Hall–Kier alpha value is -0.0400. The van der Waals surface area contributed by atoms with E-state index in [1.165, 1.54) is 25.9 Å². The molecule has 0 amide bonds. The van der Waals surface area contributed by atoms with E-state index in [0.29, 0.717) is 0 Å². The van der Waals surface area contributed by atoms with Crippen LogP contribution in [-0.2, 0) is 0 Å². The Morgan fingerprint density at radius 3 is 2.22 bits per heavy atom. The Labute approximate surface area is 57.0 Å². The lowest BCUT2D eigenvalue weighted by Crippen LogP contribution is -2.47. The lowest BCUT2D eigenvalue weighted by Gasteiger charge is -2.40. The van der Waals surface area contributed by atoms with Crippen molar-refractivity contribution < 1.29 is 0 Å². The van der Waals surface area contributed by atoms with Crippen LogP contribution < -0.4 is 0 Å². The summed E-state index contributed by atoms with van der Waals surface area (Å²) in [4.78, 5) is 2.41. The average molecular weight is 125 g/mol. The molecule has 1 saturated heterocycles. The van der Waals surface area contributed by atoms with Crippen LogP contribution in [0.3, 0.4) is 0 Å². The summed E-state index contributed by atoms with van der Waals surface area (Å²) in [6, 6.07) is 0. The van der Waals surface area contributed by atoms with E-state index in [1.807, 2.05) is 0 Å². The monoisotopic (exact) mass is 125 g/mol. The zero-order valence-electron chi connectivity index (χ0n) is 6.35. The maximum Gasteiger partial charge on any atom is 0.00242 e. The number of hydrogen-bond donors (Lipinski definition) is 0. The van der Waals surface area contributed by atoms with Crippen LogP contribution in [0.5, 0.6) is 0 Å². The van der Waals surface area contributed by atoms with E-state index in [0.717, 1.165) is 11.3 Å². The third-order valence-corrected chi connectivity index (χ3v) is 3.09. The smallest absolute Gasteiger partial charge is 0.00242 e. The molecule has 1 heteroatoms. The van der Waals surface area contributed by atoms with Gasteiger partial charge in [-0.25, -0.2) is 0 Å². The molecule has 0 N–H and O–H groups in total. The summed E-state index contributed by atoms with van der Waals surface area (Å²) in [5, 5.41) is 0. The van der Waals surface area contributed by atoms with Crippen LogP contribution in [0.15, 0.2) is 0 Å². The van der Waals surface area contributed by atoms with Crippen molar-refractivity contribution >= 4 is 0 Å². The molecule has 1 heterocycles. The molecule has 2 aliphatic rings. The van der Waals surface area contributed by atoms with Gasteiger partial charge in [-0.3, -0.25) is 0 Å². The van der Waals surface area contributed by atoms with E-state index in [4.69, 9.17) is 0 Å². The van der Waals surface area contributed by atoms with Gasteiger partial charge < -0.3 is 4.90 Å². The Balaban J connectivity index is 1.89. The molecule has 0 aromatic heterocycles. The fourth-order valence-corrected chi connectivity index (χ4v) is 1.75. The highest BCUT2D eigenvalue weighted by atomic mass is 15.2. The molecule has 0 aromatic carbocycles. The Bertz CT molecular complexity index is 121. The molecule has 0 aromatic rings. The first-order valence-corrected chi connectivity index (χ1v) is 3.89. The van der Waals surface area contributed by atoms with Crippen molar-refractivity contribution in [3.05, 3.63) is 0 Å². The molecule has 1 aliphatic carbocycles. The zero-order valence-corrected chi connectivity index (χ0v) is 6.35. The predicted molar refractivity (Wildman–Crippen MR) is 38.3 cm³/mol. The van der Waals surface area contributed by atoms with Crippen molar-refractivity contribution in [3.8, 4) is 0 Å². The van der Waals surface area contributed by atoms with E-state index < -0.39 is 0 Å². The summed E-state index contributed by atoms with van der Waals surface area (Å²) in [5.41, 5.74) is 0.784. The van der Waals surface area contributed by atoms with Gasteiger partial charge in [-0.15, -0.1) is 0 Å². The predicted octanol–water partition coefficient (Wildman–Crippen LogP) is 1.35. The standard InChI is InChI=1S/C8H15N/c1-8(3-4-8)7-5-9(2)6-7/h7H,3-6H2,1-2H3. The summed E-state index contributed by atoms with van der Waals surface area (Å²) >= 11 is 0. The second-order valence-corrected chi connectivity index (χ2v) is 4.07. The van der Waals surface area contributed by atoms with Gasteiger partial charge >= 0.3 is 0 Å². The maximum absolute atomic E-state index is 2.44. The Kier molecular flexibility index (Phi) is 0.963. The summed E-state index contributed by atoms with van der Waals surface area (Å²) in [5.74, 6) is 1.04. The van der Waals surface area contributed by atoms with Gasteiger partial charge in [-0.05, 0) is 31.2 Å². The highest BCUT2D eigenvalue weighted by Crippen LogP contribution is 2.53. The minimum atomic E-state index is 0.784. The van der Waals surface area contributed by atoms with Crippen molar-refractivity contribution in [2.75, 3.05) is 20.1 Å². The second-order valence-electron chi connectivity index (χ2n) is 4.07. The first kappa shape index (κ1) is 5.72. The van der Waals surface area contributed by atoms with Crippen LogP contribution in [0.1, 0.15) is 19.8 Å². The van der Waals surface area contributed by atoms with Gasteiger partial charge in [0.25, 0.3) is 0 Å². The average Bonchev–Trinajstić information content (AvgIpc) is 2.41. The summed E-state index contributed by atoms with van der Waals surface area (Å²) in [6.07, 6.45) is 2.98. The molecular weight excluding hydrogens is 110 g/mol. The topological polar surface area (TPSA) is 3.24 Å². The molecule has 0 atom stereocenters. The van der Waals surface area contributed by atoms with Crippen molar-refractivity contribution in [1.82, 2.24) is 4.90 Å². The molecule has 1 saturated carbocycles. The third kappa shape index (κ3) is 0.787. The molecule has 0 unspecified atom stereocenters. The van der Waals surface area contributed by atoms with Crippen LogP contribution in [0.25, 0.3) is 0 Å². The molecule has 1 nitrogen and oxygen atoms in total.